The fourth-order valence-electron chi connectivity index (χ4n) is 1.78. The van der Waals surface area contributed by atoms with Crippen LogP contribution in [0, 0.1) is 17.0 Å². The molecule has 2 aromatic carbocycles. The minimum absolute atomic E-state index is 0.00888. The van der Waals surface area contributed by atoms with Crippen LogP contribution in [-0.4, -0.2) is 17.4 Å². The molecule has 1 N–H and O–H groups in total. The van der Waals surface area contributed by atoms with E-state index in [9.17, 15) is 14.9 Å². The third-order valence-corrected chi connectivity index (χ3v) is 4.14. The van der Waals surface area contributed by atoms with E-state index in [0.29, 0.717) is 5.75 Å². The molecule has 0 aliphatic carbocycles. The van der Waals surface area contributed by atoms with Crippen LogP contribution >= 0.6 is 27.5 Å². The molecular formula is C15H12BrClN2O4. The number of amides is 1. The number of anilines is 1. The number of aryl methyl sites for hydroxylation is 1. The van der Waals surface area contributed by atoms with Gasteiger partial charge in [0.1, 0.15) is 10.8 Å². The number of nitrogens with one attached hydrogen (secondary N) is 1. The molecule has 6 nitrogen and oxygen atoms in total. The number of halogens is 2. The van der Waals surface area contributed by atoms with Crippen LogP contribution in [0.2, 0.25) is 5.02 Å². The Morgan fingerprint density at radius 2 is 2.09 bits per heavy atom. The van der Waals surface area contributed by atoms with E-state index in [4.69, 9.17) is 16.3 Å². The van der Waals surface area contributed by atoms with E-state index in [1.54, 1.807) is 12.1 Å². The average Bonchev–Trinajstić information content (AvgIpc) is 2.50. The number of rotatable bonds is 5. The highest BCUT2D eigenvalue weighted by Gasteiger charge is 2.14. The molecule has 0 radical (unpaired) electrons. The second-order valence-electron chi connectivity index (χ2n) is 4.67. The fourth-order valence-corrected chi connectivity index (χ4v) is 2.22. The molecule has 23 heavy (non-hydrogen) atoms. The van der Waals surface area contributed by atoms with Crippen molar-refractivity contribution in [2.24, 2.45) is 0 Å². The van der Waals surface area contributed by atoms with Gasteiger partial charge in [-0.05, 0) is 42.8 Å². The van der Waals surface area contributed by atoms with Gasteiger partial charge in [0, 0.05) is 16.2 Å². The van der Waals surface area contributed by atoms with Crippen LogP contribution in [-0.2, 0) is 4.79 Å². The van der Waals surface area contributed by atoms with Gasteiger partial charge in [-0.3, -0.25) is 14.9 Å². The Kier molecular flexibility index (Phi) is 5.57. The van der Waals surface area contributed by atoms with Crippen molar-refractivity contribution in [3.63, 3.8) is 0 Å². The lowest BCUT2D eigenvalue weighted by molar-refractivity contribution is -0.384. The predicted octanol–water partition coefficient (Wildman–Crippen LogP) is 4.34. The number of carbonyl (C=O) groups excluding carboxylic acids is 1. The molecule has 120 valence electrons. The lowest BCUT2D eigenvalue weighted by Gasteiger charge is -2.09. The van der Waals surface area contributed by atoms with Crippen LogP contribution in [0.15, 0.2) is 40.9 Å². The van der Waals surface area contributed by atoms with Gasteiger partial charge in [0.15, 0.2) is 6.61 Å². The summed E-state index contributed by atoms with van der Waals surface area (Å²) in [6, 6.07) is 9.39. The molecule has 0 aromatic heterocycles. The molecule has 2 rings (SSSR count). The van der Waals surface area contributed by atoms with E-state index >= 15 is 0 Å². The van der Waals surface area contributed by atoms with E-state index in [2.05, 4.69) is 21.2 Å². The average molecular weight is 400 g/mol. The normalized spacial score (nSPS) is 10.2. The van der Waals surface area contributed by atoms with Crippen molar-refractivity contribution in [2.45, 2.75) is 6.92 Å². The molecule has 0 spiro atoms. The Morgan fingerprint density at radius 3 is 2.74 bits per heavy atom. The maximum Gasteiger partial charge on any atom is 0.289 e. The zero-order chi connectivity index (χ0) is 17.0. The highest BCUT2D eigenvalue weighted by Crippen LogP contribution is 2.27. The van der Waals surface area contributed by atoms with E-state index in [0.717, 1.165) is 10.0 Å². The number of benzene rings is 2. The second-order valence-corrected chi connectivity index (χ2v) is 5.93. The van der Waals surface area contributed by atoms with Crippen molar-refractivity contribution in [1.29, 1.82) is 0 Å². The molecule has 8 heteroatoms. The number of carbonyl (C=O) groups is 1. The molecule has 0 unspecified atom stereocenters. The molecule has 0 bridgehead atoms. The Bertz CT molecular complexity index is 767. The summed E-state index contributed by atoms with van der Waals surface area (Å²) in [5.74, 6) is 0.130. The minimum atomic E-state index is -0.612. The highest BCUT2D eigenvalue weighted by molar-refractivity contribution is 9.10. The van der Waals surface area contributed by atoms with Gasteiger partial charge in [-0.2, -0.15) is 0 Å². The number of nitrogens with zero attached hydrogens (tertiary/aromatic N) is 1. The lowest BCUT2D eigenvalue weighted by Crippen LogP contribution is -2.20. The van der Waals surface area contributed by atoms with Gasteiger partial charge in [-0.15, -0.1) is 0 Å². The summed E-state index contributed by atoms with van der Waals surface area (Å²) in [7, 11) is 0. The van der Waals surface area contributed by atoms with Gasteiger partial charge in [0.05, 0.1) is 4.92 Å². The summed E-state index contributed by atoms with van der Waals surface area (Å²) in [6.07, 6.45) is 0. The van der Waals surface area contributed by atoms with Crippen molar-refractivity contribution in [1.82, 2.24) is 0 Å². The second kappa shape index (κ2) is 7.43. The molecule has 0 saturated carbocycles. The van der Waals surface area contributed by atoms with E-state index in [-0.39, 0.29) is 23.0 Å². The molecule has 0 aliphatic heterocycles. The Hall–Kier alpha value is -2.12. The molecule has 2 aromatic rings. The Labute approximate surface area is 145 Å². The first-order valence-electron chi connectivity index (χ1n) is 6.49. The molecule has 0 heterocycles. The number of hydrogen-bond donors (Lipinski definition) is 1. The van der Waals surface area contributed by atoms with E-state index < -0.39 is 10.8 Å². The van der Waals surface area contributed by atoms with Crippen LogP contribution in [0.3, 0.4) is 0 Å². The first-order chi connectivity index (χ1) is 10.9. The Balaban J connectivity index is 1.98. The SMILES string of the molecule is Cc1cc(OCC(=O)Nc2ccc(Cl)c([N+](=O)[O-])c2)ccc1Br. The summed E-state index contributed by atoms with van der Waals surface area (Å²) < 4.78 is 6.33. The van der Waals surface area contributed by atoms with Crippen LogP contribution in [0.25, 0.3) is 0 Å². The topological polar surface area (TPSA) is 81.5 Å². The number of hydrogen-bond acceptors (Lipinski definition) is 4. The maximum absolute atomic E-state index is 11.9. The summed E-state index contributed by atoms with van der Waals surface area (Å²) in [4.78, 5) is 22.1. The summed E-state index contributed by atoms with van der Waals surface area (Å²) in [5.41, 5.74) is 0.992. The van der Waals surface area contributed by atoms with Crippen molar-refractivity contribution >= 4 is 44.8 Å². The predicted molar refractivity (Wildman–Crippen MR) is 91.1 cm³/mol. The van der Waals surface area contributed by atoms with Gasteiger partial charge >= 0.3 is 0 Å². The van der Waals surface area contributed by atoms with Crippen molar-refractivity contribution in [3.8, 4) is 5.75 Å². The van der Waals surface area contributed by atoms with Crippen molar-refractivity contribution < 1.29 is 14.5 Å². The number of ether oxygens (including phenoxy) is 1. The fraction of sp³-hybridized carbons (Fsp3) is 0.133. The summed E-state index contributed by atoms with van der Waals surface area (Å²) in [6.45, 7) is 1.70. The van der Waals surface area contributed by atoms with Gasteiger partial charge in [-0.25, -0.2) is 0 Å². The van der Waals surface area contributed by atoms with E-state index in [1.807, 2.05) is 13.0 Å². The van der Waals surface area contributed by atoms with Crippen molar-refractivity contribution in [3.05, 3.63) is 61.6 Å². The van der Waals surface area contributed by atoms with Gasteiger partial charge < -0.3 is 10.1 Å². The van der Waals surface area contributed by atoms with Gasteiger partial charge in [-0.1, -0.05) is 27.5 Å². The Morgan fingerprint density at radius 1 is 1.35 bits per heavy atom. The summed E-state index contributed by atoms with van der Waals surface area (Å²) >= 11 is 9.09. The zero-order valence-corrected chi connectivity index (χ0v) is 14.3. The quantitative estimate of drug-likeness (QED) is 0.599. The highest BCUT2D eigenvalue weighted by atomic mass is 79.9. The largest absolute Gasteiger partial charge is 0.484 e. The molecule has 1 amide bonds. The van der Waals surface area contributed by atoms with E-state index in [1.165, 1.54) is 18.2 Å². The van der Waals surface area contributed by atoms with Crippen LogP contribution in [0.4, 0.5) is 11.4 Å². The summed E-state index contributed by atoms with van der Waals surface area (Å²) in [5, 5.41) is 13.3. The monoisotopic (exact) mass is 398 g/mol. The molecular weight excluding hydrogens is 388 g/mol. The molecule has 0 saturated heterocycles. The van der Waals surface area contributed by atoms with Gasteiger partial charge in [0.25, 0.3) is 11.6 Å². The maximum atomic E-state index is 11.9. The molecule has 0 fully saturated rings. The van der Waals surface area contributed by atoms with Crippen LogP contribution < -0.4 is 10.1 Å². The van der Waals surface area contributed by atoms with Crippen molar-refractivity contribution in [2.75, 3.05) is 11.9 Å². The number of nitro groups is 1. The first kappa shape index (κ1) is 17.2. The van der Waals surface area contributed by atoms with Crippen LogP contribution in [0.1, 0.15) is 5.56 Å². The first-order valence-corrected chi connectivity index (χ1v) is 7.66. The smallest absolute Gasteiger partial charge is 0.289 e. The van der Waals surface area contributed by atoms with Gasteiger partial charge in [0.2, 0.25) is 0 Å². The minimum Gasteiger partial charge on any atom is -0.484 e. The number of nitro benzene ring substituents is 1. The standard InChI is InChI=1S/C15H12BrClN2O4/c1-9-6-11(3-4-12(9)16)23-8-15(20)18-10-2-5-13(17)14(7-10)19(21)22/h2-7H,8H2,1H3,(H,18,20). The lowest BCUT2D eigenvalue weighted by atomic mass is 10.2. The zero-order valence-electron chi connectivity index (χ0n) is 12.0. The third kappa shape index (κ3) is 4.67. The van der Waals surface area contributed by atoms with Crippen LogP contribution in [0.5, 0.6) is 5.75 Å². The molecule has 0 atom stereocenters. The molecule has 0 aliphatic rings. The third-order valence-electron chi connectivity index (χ3n) is 2.93.